The quantitative estimate of drug-likeness (QED) is 0.753. The number of hydrogen-bond donors (Lipinski definition) is 2. The van der Waals surface area contributed by atoms with Crippen molar-refractivity contribution in [3.05, 3.63) is 53.4 Å². The molecule has 122 valence electrons. The molecular weight excluding hydrogens is 332 g/mol. The number of pyridine rings is 1. The van der Waals surface area contributed by atoms with E-state index in [0.717, 1.165) is 0 Å². The van der Waals surface area contributed by atoms with Gasteiger partial charge in [0.05, 0.1) is 7.11 Å². The predicted molar refractivity (Wildman–Crippen MR) is 90.1 cm³/mol. The Balaban J connectivity index is 1.89. The number of nitrogen functional groups attached to an aromatic ring is 1. The smallest absolute Gasteiger partial charge is 0.278 e. The van der Waals surface area contributed by atoms with Crippen molar-refractivity contribution in [3.8, 4) is 16.9 Å². The summed E-state index contributed by atoms with van der Waals surface area (Å²) in [6.07, 6.45) is 1.31. The molecule has 0 bridgehead atoms. The molecule has 24 heavy (non-hydrogen) atoms. The third-order valence-corrected chi connectivity index (χ3v) is 3.63. The van der Waals surface area contributed by atoms with Crippen LogP contribution in [0.25, 0.3) is 11.1 Å². The highest BCUT2D eigenvalue weighted by Gasteiger charge is 2.13. The standard InChI is InChI=1S/C16H13ClN4O3/c1-23-9-2-4-12(17)11(8-9)10-3-5-14(19-15(10)18)20-16(22)13-6-7-24-21-13/h2-8H,1H3,(H3,18,19,20,22). The molecule has 0 saturated heterocycles. The van der Waals surface area contributed by atoms with E-state index in [1.54, 1.807) is 37.4 Å². The average Bonchev–Trinajstić information content (AvgIpc) is 3.11. The molecule has 0 aliphatic carbocycles. The van der Waals surface area contributed by atoms with Crippen LogP contribution in [0.5, 0.6) is 5.75 Å². The van der Waals surface area contributed by atoms with Gasteiger partial charge in [0.1, 0.15) is 23.6 Å². The highest BCUT2D eigenvalue weighted by Crippen LogP contribution is 2.34. The Labute approximate surface area is 142 Å². The van der Waals surface area contributed by atoms with Crippen LogP contribution in [0, 0.1) is 0 Å². The van der Waals surface area contributed by atoms with Crippen molar-refractivity contribution in [2.24, 2.45) is 0 Å². The van der Waals surface area contributed by atoms with E-state index in [-0.39, 0.29) is 11.5 Å². The molecule has 0 fully saturated rings. The molecule has 0 radical (unpaired) electrons. The lowest BCUT2D eigenvalue weighted by Gasteiger charge is -2.11. The number of benzene rings is 1. The van der Waals surface area contributed by atoms with E-state index in [4.69, 9.17) is 22.1 Å². The number of nitrogens with zero attached hydrogens (tertiary/aromatic N) is 2. The van der Waals surface area contributed by atoms with Crippen LogP contribution >= 0.6 is 11.6 Å². The van der Waals surface area contributed by atoms with Crippen LogP contribution in [-0.4, -0.2) is 23.2 Å². The van der Waals surface area contributed by atoms with Gasteiger partial charge in [-0.15, -0.1) is 0 Å². The van der Waals surface area contributed by atoms with Crippen molar-refractivity contribution in [2.75, 3.05) is 18.2 Å². The van der Waals surface area contributed by atoms with Crippen molar-refractivity contribution >= 4 is 29.1 Å². The number of rotatable bonds is 4. The molecule has 0 unspecified atom stereocenters. The van der Waals surface area contributed by atoms with E-state index in [1.165, 1.54) is 12.3 Å². The number of carbonyl (C=O) groups excluding carboxylic acids is 1. The molecule has 3 aromatic rings. The number of hydrogen-bond acceptors (Lipinski definition) is 6. The maximum absolute atomic E-state index is 11.9. The van der Waals surface area contributed by atoms with E-state index in [9.17, 15) is 4.79 Å². The number of ether oxygens (including phenoxy) is 1. The average molecular weight is 345 g/mol. The van der Waals surface area contributed by atoms with Gasteiger partial charge in [0.2, 0.25) is 0 Å². The number of anilines is 2. The number of halogens is 1. The second-order valence-electron chi connectivity index (χ2n) is 4.81. The first-order chi connectivity index (χ1) is 11.6. The molecule has 2 aromatic heterocycles. The zero-order valence-corrected chi connectivity index (χ0v) is 13.4. The lowest BCUT2D eigenvalue weighted by atomic mass is 10.1. The summed E-state index contributed by atoms with van der Waals surface area (Å²) in [5, 5.41) is 6.66. The van der Waals surface area contributed by atoms with Crippen LogP contribution in [0.3, 0.4) is 0 Å². The lowest BCUT2D eigenvalue weighted by molar-refractivity contribution is 0.101. The summed E-state index contributed by atoms with van der Waals surface area (Å²) < 4.78 is 9.82. The van der Waals surface area contributed by atoms with Crippen molar-refractivity contribution in [1.29, 1.82) is 0 Å². The minimum Gasteiger partial charge on any atom is -0.497 e. The van der Waals surface area contributed by atoms with E-state index < -0.39 is 5.91 Å². The number of aromatic nitrogens is 2. The molecule has 3 rings (SSSR count). The van der Waals surface area contributed by atoms with Crippen molar-refractivity contribution in [3.63, 3.8) is 0 Å². The first-order valence-electron chi connectivity index (χ1n) is 6.90. The van der Waals surface area contributed by atoms with Gasteiger partial charge in [0.15, 0.2) is 5.69 Å². The second kappa shape index (κ2) is 6.59. The van der Waals surface area contributed by atoms with Gasteiger partial charge in [-0.3, -0.25) is 4.79 Å². The summed E-state index contributed by atoms with van der Waals surface area (Å²) in [4.78, 5) is 16.1. The fraction of sp³-hybridized carbons (Fsp3) is 0.0625. The van der Waals surface area contributed by atoms with Gasteiger partial charge in [0, 0.05) is 22.2 Å². The van der Waals surface area contributed by atoms with Gasteiger partial charge in [-0.1, -0.05) is 16.8 Å². The Morgan fingerprint density at radius 3 is 2.75 bits per heavy atom. The molecule has 7 nitrogen and oxygen atoms in total. The van der Waals surface area contributed by atoms with Gasteiger partial charge in [0.25, 0.3) is 5.91 Å². The Hall–Kier alpha value is -3.06. The molecule has 0 aliphatic heterocycles. The van der Waals surface area contributed by atoms with Crippen LogP contribution < -0.4 is 15.8 Å². The fourth-order valence-electron chi connectivity index (χ4n) is 2.12. The molecule has 1 amide bonds. The summed E-state index contributed by atoms with van der Waals surface area (Å²) in [7, 11) is 1.57. The Bertz CT molecular complexity index is 881. The van der Waals surface area contributed by atoms with E-state index in [1.807, 2.05) is 0 Å². The van der Waals surface area contributed by atoms with Gasteiger partial charge < -0.3 is 20.3 Å². The highest BCUT2D eigenvalue weighted by molar-refractivity contribution is 6.33. The van der Waals surface area contributed by atoms with E-state index >= 15 is 0 Å². The molecule has 2 heterocycles. The van der Waals surface area contributed by atoms with Gasteiger partial charge in [-0.2, -0.15) is 0 Å². The Kier molecular flexibility index (Phi) is 4.35. The molecule has 8 heteroatoms. The summed E-state index contributed by atoms with van der Waals surface area (Å²) >= 11 is 6.22. The van der Waals surface area contributed by atoms with Gasteiger partial charge in [-0.05, 0) is 30.3 Å². The SMILES string of the molecule is COc1ccc(Cl)c(-c2ccc(NC(=O)c3ccon3)nc2N)c1. The van der Waals surface area contributed by atoms with Crippen LogP contribution in [0.4, 0.5) is 11.6 Å². The summed E-state index contributed by atoms with van der Waals surface area (Å²) in [6, 6.07) is 10.0. The van der Waals surface area contributed by atoms with Crippen molar-refractivity contribution in [1.82, 2.24) is 10.1 Å². The normalized spacial score (nSPS) is 10.4. The van der Waals surface area contributed by atoms with Crippen LogP contribution in [0.15, 0.2) is 47.2 Å². The van der Waals surface area contributed by atoms with Crippen LogP contribution in [0.1, 0.15) is 10.5 Å². The monoisotopic (exact) mass is 344 g/mol. The highest BCUT2D eigenvalue weighted by atomic mass is 35.5. The molecule has 0 spiro atoms. The molecule has 3 N–H and O–H groups in total. The molecule has 0 atom stereocenters. The largest absolute Gasteiger partial charge is 0.497 e. The Morgan fingerprint density at radius 2 is 2.08 bits per heavy atom. The number of methoxy groups -OCH3 is 1. The second-order valence-corrected chi connectivity index (χ2v) is 5.22. The maximum atomic E-state index is 11.9. The van der Waals surface area contributed by atoms with Crippen LogP contribution in [-0.2, 0) is 0 Å². The van der Waals surface area contributed by atoms with Gasteiger partial charge in [-0.25, -0.2) is 4.98 Å². The van der Waals surface area contributed by atoms with E-state index in [0.29, 0.717) is 27.7 Å². The predicted octanol–water partition coefficient (Wildman–Crippen LogP) is 3.23. The lowest BCUT2D eigenvalue weighted by Crippen LogP contribution is -2.13. The summed E-state index contributed by atoms with van der Waals surface area (Å²) in [5.41, 5.74) is 7.49. The van der Waals surface area contributed by atoms with Gasteiger partial charge >= 0.3 is 0 Å². The number of amides is 1. The minimum absolute atomic E-state index is 0.148. The minimum atomic E-state index is -0.442. The third kappa shape index (κ3) is 3.16. The van der Waals surface area contributed by atoms with Crippen molar-refractivity contribution < 1.29 is 14.1 Å². The zero-order valence-electron chi connectivity index (χ0n) is 12.6. The zero-order chi connectivity index (χ0) is 17.1. The first kappa shape index (κ1) is 15.8. The number of carbonyl (C=O) groups is 1. The topological polar surface area (TPSA) is 103 Å². The Morgan fingerprint density at radius 1 is 1.25 bits per heavy atom. The first-order valence-corrected chi connectivity index (χ1v) is 7.28. The third-order valence-electron chi connectivity index (χ3n) is 3.30. The molecule has 0 saturated carbocycles. The summed E-state index contributed by atoms with van der Waals surface area (Å²) in [6.45, 7) is 0. The number of nitrogens with two attached hydrogens (primary N) is 1. The van der Waals surface area contributed by atoms with Crippen LogP contribution in [0.2, 0.25) is 5.02 Å². The maximum Gasteiger partial charge on any atom is 0.278 e. The number of nitrogens with one attached hydrogen (secondary N) is 1. The van der Waals surface area contributed by atoms with E-state index in [2.05, 4.69) is 20.0 Å². The summed E-state index contributed by atoms with van der Waals surface area (Å²) in [5.74, 6) is 0.728. The molecular formula is C16H13ClN4O3. The fourth-order valence-corrected chi connectivity index (χ4v) is 2.34. The molecule has 0 aliphatic rings. The van der Waals surface area contributed by atoms with Crippen molar-refractivity contribution in [2.45, 2.75) is 0 Å². The molecule has 1 aromatic carbocycles.